The SMILES string of the molecule is C#Cc1c(F)ccc2cc(O)cc(-c3c(SC(F)(F)F)cc4c(N5CCCOCC5)nc(OC[C@@]56CCCN5C[C@H](F)C6)nc4c3F)c12. The molecule has 0 saturated carbocycles. The van der Waals surface area contributed by atoms with Gasteiger partial charge in [-0.15, -0.1) is 6.42 Å². The van der Waals surface area contributed by atoms with E-state index in [4.69, 9.17) is 15.9 Å². The fourth-order valence-corrected chi connectivity index (χ4v) is 8.03. The molecule has 1 N–H and O–H groups in total. The van der Waals surface area contributed by atoms with Crippen molar-refractivity contribution in [2.75, 3.05) is 50.9 Å². The number of phenols is 1. The Kier molecular flexibility index (Phi) is 8.50. The van der Waals surface area contributed by atoms with Gasteiger partial charge in [-0.2, -0.15) is 23.1 Å². The molecule has 0 amide bonds. The van der Waals surface area contributed by atoms with Gasteiger partial charge in [0.2, 0.25) is 0 Å². The molecule has 0 aliphatic carbocycles. The molecule has 252 valence electrons. The van der Waals surface area contributed by atoms with Crippen LogP contribution in [0.4, 0.5) is 32.2 Å². The molecule has 3 aliphatic heterocycles. The molecule has 2 atom stereocenters. The van der Waals surface area contributed by atoms with Crippen molar-refractivity contribution >= 4 is 39.3 Å². The topological polar surface area (TPSA) is 71.0 Å². The zero-order valence-electron chi connectivity index (χ0n) is 25.5. The van der Waals surface area contributed by atoms with Crippen LogP contribution in [0.5, 0.6) is 11.8 Å². The molecular formula is C34H30F6N4O3S. The fraction of sp³-hybridized carbons (Fsp3) is 0.412. The molecule has 3 saturated heterocycles. The molecule has 48 heavy (non-hydrogen) atoms. The smallest absolute Gasteiger partial charge is 0.446 e. The molecule has 7 nitrogen and oxygen atoms in total. The zero-order valence-corrected chi connectivity index (χ0v) is 26.4. The number of halogens is 6. The van der Waals surface area contributed by atoms with E-state index in [1.54, 1.807) is 4.90 Å². The number of aromatic nitrogens is 2. The highest BCUT2D eigenvalue weighted by Gasteiger charge is 2.49. The minimum Gasteiger partial charge on any atom is -0.508 e. The minimum absolute atomic E-state index is 0.00425. The number of ether oxygens (including phenoxy) is 2. The number of nitrogens with zero attached hydrogens (tertiary/aromatic N) is 4. The quantitative estimate of drug-likeness (QED) is 0.130. The van der Waals surface area contributed by atoms with Crippen molar-refractivity contribution in [2.45, 2.75) is 47.8 Å². The number of aromatic hydroxyl groups is 1. The zero-order chi connectivity index (χ0) is 33.8. The molecule has 1 aromatic heterocycles. The number of hydrogen-bond acceptors (Lipinski definition) is 8. The highest BCUT2D eigenvalue weighted by molar-refractivity contribution is 8.00. The highest BCUT2D eigenvalue weighted by atomic mass is 32.2. The van der Waals surface area contributed by atoms with E-state index in [1.807, 2.05) is 4.90 Å². The summed E-state index contributed by atoms with van der Waals surface area (Å²) in [5.74, 6) is -0.0208. The summed E-state index contributed by atoms with van der Waals surface area (Å²) in [6.07, 6.45) is 7.03. The number of benzene rings is 3. The first-order valence-electron chi connectivity index (χ1n) is 15.5. The first-order valence-corrected chi connectivity index (χ1v) is 16.3. The van der Waals surface area contributed by atoms with Gasteiger partial charge in [0, 0.05) is 53.9 Å². The van der Waals surface area contributed by atoms with Crippen LogP contribution in [0.3, 0.4) is 0 Å². The third-order valence-corrected chi connectivity index (χ3v) is 10.1. The Hall–Kier alpha value is -3.93. The number of rotatable bonds is 6. The number of phenolic OH excluding ortho intramolecular Hbond substituents is 1. The lowest BCUT2D eigenvalue weighted by Crippen LogP contribution is -2.43. The van der Waals surface area contributed by atoms with Gasteiger partial charge < -0.3 is 19.5 Å². The van der Waals surface area contributed by atoms with Gasteiger partial charge in [0.15, 0.2) is 5.82 Å². The summed E-state index contributed by atoms with van der Waals surface area (Å²) in [5, 5.41) is 10.7. The van der Waals surface area contributed by atoms with E-state index in [-0.39, 0.29) is 64.2 Å². The van der Waals surface area contributed by atoms with E-state index in [0.717, 1.165) is 31.2 Å². The Morgan fingerprint density at radius 2 is 1.94 bits per heavy atom. The van der Waals surface area contributed by atoms with E-state index in [9.17, 15) is 27.1 Å². The maximum absolute atomic E-state index is 17.1. The van der Waals surface area contributed by atoms with Crippen molar-refractivity contribution in [1.82, 2.24) is 14.9 Å². The van der Waals surface area contributed by atoms with Crippen molar-refractivity contribution in [1.29, 1.82) is 0 Å². The summed E-state index contributed by atoms with van der Waals surface area (Å²) in [5.41, 5.74) is -6.88. The molecule has 3 aromatic carbocycles. The second-order valence-electron chi connectivity index (χ2n) is 12.3. The fourth-order valence-electron chi connectivity index (χ4n) is 7.30. The third kappa shape index (κ3) is 5.97. The Bertz CT molecular complexity index is 1950. The molecule has 0 bridgehead atoms. The number of hydrogen-bond donors (Lipinski definition) is 1. The molecular weight excluding hydrogens is 658 g/mol. The summed E-state index contributed by atoms with van der Waals surface area (Å²) < 4.78 is 101. The lowest BCUT2D eigenvalue weighted by Gasteiger charge is -2.31. The van der Waals surface area contributed by atoms with Gasteiger partial charge in [-0.1, -0.05) is 12.0 Å². The second-order valence-corrected chi connectivity index (χ2v) is 13.4. The van der Waals surface area contributed by atoms with E-state index in [0.29, 0.717) is 39.1 Å². The van der Waals surface area contributed by atoms with E-state index >= 15 is 4.39 Å². The van der Waals surface area contributed by atoms with Crippen LogP contribution in [0.1, 0.15) is 31.2 Å². The van der Waals surface area contributed by atoms with Gasteiger partial charge in [-0.25, -0.2) is 13.2 Å². The van der Waals surface area contributed by atoms with E-state index in [1.165, 1.54) is 12.1 Å². The number of alkyl halides is 4. The van der Waals surface area contributed by atoms with Crippen molar-refractivity contribution in [3.05, 3.63) is 47.5 Å². The molecule has 4 aromatic rings. The Morgan fingerprint density at radius 3 is 2.73 bits per heavy atom. The normalized spacial score (nSPS) is 21.9. The molecule has 14 heteroatoms. The number of thioether (sulfide) groups is 1. The predicted octanol–water partition coefficient (Wildman–Crippen LogP) is 7.21. The first kappa shape index (κ1) is 32.6. The van der Waals surface area contributed by atoms with Crippen LogP contribution < -0.4 is 9.64 Å². The van der Waals surface area contributed by atoms with Gasteiger partial charge in [-0.3, -0.25) is 4.90 Å². The highest BCUT2D eigenvalue weighted by Crippen LogP contribution is 2.49. The van der Waals surface area contributed by atoms with Crippen LogP contribution in [-0.4, -0.2) is 83.2 Å². The van der Waals surface area contributed by atoms with Gasteiger partial charge in [0.1, 0.15) is 35.7 Å². The monoisotopic (exact) mass is 688 g/mol. The van der Waals surface area contributed by atoms with Crippen LogP contribution in [0, 0.1) is 24.0 Å². The predicted molar refractivity (Wildman–Crippen MR) is 170 cm³/mol. The van der Waals surface area contributed by atoms with E-state index < -0.39 is 56.8 Å². The van der Waals surface area contributed by atoms with Crippen molar-refractivity contribution < 1.29 is 40.9 Å². The van der Waals surface area contributed by atoms with Crippen molar-refractivity contribution in [2.24, 2.45) is 0 Å². The van der Waals surface area contributed by atoms with Crippen LogP contribution in [0.2, 0.25) is 0 Å². The molecule has 0 radical (unpaired) electrons. The Labute approximate surface area is 276 Å². The van der Waals surface area contributed by atoms with Gasteiger partial charge in [0.05, 0.1) is 17.7 Å². The second kappa shape index (κ2) is 12.5. The van der Waals surface area contributed by atoms with Gasteiger partial charge in [0.25, 0.3) is 0 Å². The number of fused-ring (bicyclic) bond motifs is 3. The number of anilines is 1. The average molecular weight is 689 g/mol. The molecule has 0 spiro atoms. The van der Waals surface area contributed by atoms with Crippen molar-refractivity contribution in [3.63, 3.8) is 0 Å². The summed E-state index contributed by atoms with van der Waals surface area (Å²) in [7, 11) is 0. The van der Waals surface area contributed by atoms with Crippen molar-refractivity contribution in [3.8, 4) is 35.2 Å². The van der Waals surface area contributed by atoms with Crippen LogP contribution >= 0.6 is 11.8 Å². The van der Waals surface area contributed by atoms with Gasteiger partial charge in [-0.05, 0) is 72.8 Å². The summed E-state index contributed by atoms with van der Waals surface area (Å²) >= 11 is -0.554. The summed E-state index contributed by atoms with van der Waals surface area (Å²) in [4.78, 5) is 12.2. The third-order valence-electron chi connectivity index (χ3n) is 9.30. The van der Waals surface area contributed by atoms with Crippen LogP contribution in [0.15, 0.2) is 35.2 Å². The average Bonchev–Trinajstić information content (AvgIpc) is 3.41. The molecule has 4 heterocycles. The van der Waals surface area contributed by atoms with Gasteiger partial charge >= 0.3 is 11.5 Å². The van der Waals surface area contributed by atoms with E-state index in [2.05, 4.69) is 15.9 Å². The molecule has 0 unspecified atom stereocenters. The van der Waals surface area contributed by atoms with Crippen LogP contribution in [-0.2, 0) is 4.74 Å². The Balaban J connectivity index is 1.47. The minimum atomic E-state index is -4.86. The van der Waals surface area contributed by atoms with Crippen LogP contribution in [0.25, 0.3) is 32.8 Å². The molecule has 3 aliphatic rings. The summed E-state index contributed by atoms with van der Waals surface area (Å²) in [6.45, 7) is 2.55. The molecule has 7 rings (SSSR count). The lowest BCUT2D eigenvalue weighted by atomic mass is 9.93. The largest absolute Gasteiger partial charge is 0.508 e. The standard InChI is InChI=1S/C34H30F6N4O3S/c1-2-22-25(36)6-5-19-13-21(45)14-23(27(19)22)28-26(48-34(38,39)40)15-24-30(29(28)37)41-32(42-31(24)43-8-4-11-46-12-10-43)47-18-33-7-3-9-44(33)17-20(35)16-33/h1,5-6,13-15,20,45H,3-4,7-12,16-18H2/t20-,33+/m1/s1. The number of terminal acetylenes is 1. The maximum atomic E-state index is 17.1. The maximum Gasteiger partial charge on any atom is 0.446 e. The molecule has 3 fully saturated rings. The first-order chi connectivity index (χ1) is 23.0. The summed E-state index contributed by atoms with van der Waals surface area (Å²) in [6, 6.07) is 5.62. The Morgan fingerprint density at radius 1 is 1.10 bits per heavy atom. The lowest BCUT2D eigenvalue weighted by molar-refractivity contribution is -0.0328.